The standard InChI is InChI=1S/C49H53BN2O3/c1-28-23-38-43-39(24-28)52(44-29(2)25-41-45(30(44)3)54-22-21-53-41)46-42(35-26-32(48(7,8)9)16-20-40(35)55-46)50(43)36-27-33(49(10,11)12)15-19-37(36)51(38)34-17-13-31(14-18-34)47(4,5)6/h13-20,23-27H,21-22H2,1-12H3. The summed E-state index contributed by atoms with van der Waals surface area (Å²) in [6.07, 6.45) is 0. The third-order valence-electron chi connectivity index (χ3n) is 12.0. The molecule has 0 saturated carbocycles. The molecule has 0 atom stereocenters. The van der Waals surface area contributed by atoms with Gasteiger partial charge < -0.3 is 18.8 Å². The number of hydrogen-bond donors (Lipinski definition) is 0. The van der Waals surface area contributed by atoms with E-state index in [-0.39, 0.29) is 23.0 Å². The maximum Gasteiger partial charge on any atom is 0.257 e. The normalized spacial score (nSPS) is 14.9. The maximum atomic E-state index is 7.18. The lowest BCUT2D eigenvalue weighted by atomic mass is 9.33. The number of ether oxygens (including phenoxy) is 2. The van der Waals surface area contributed by atoms with E-state index < -0.39 is 0 Å². The van der Waals surface area contributed by atoms with Gasteiger partial charge >= 0.3 is 0 Å². The zero-order chi connectivity index (χ0) is 38.9. The zero-order valence-electron chi connectivity index (χ0n) is 34.6. The Morgan fingerprint density at radius 1 is 0.582 bits per heavy atom. The minimum absolute atomic E-state index is 0.0320. The Morgan fingerprint density at radius 2 is 1.18 bits per heavy atom. The van der Waals surface area contributed by atoms with E-state index in [0.717, 1.165) is 56.5 Å². The van der Waals surface area contributed by atoms with Crippen LogP contribution in [-0.2, 0) is 16.2 Å². The van der Waals surface area contributed by atoms with Crippen molar-refractivity contribution in [2.75, 3.05) is 23.0 Å². The van der Waals surface area contributed by atoms with Crippen LogP contribution < -0.4 is 35.7 Å². The van der Waals surface area contributed by atoms with Crippen LogP contribution in [0, 0.1) is 20.8 Å². The highest BCUT2D eigenvalue weighted by Crippen LogP contribution is 2.51. The second kappa shape index (κ2) is 12.0. The smallest absolute Gasteiger partial charge is 0.257 e. The summed E-state index contributed by atoms with van der Waals surface area (Å²) < 4.78 is 19.7. The molecule has 5 nitrogen and oxygen atoms in total. The highest BCUT2D eigenvalue weighted by Gasteiger charge is 2.47. The monoisotopic (exact) mass is 728 g/mol. The van der Waals surface area contributed by atoms with E-state index >= 15 is 0 Å². The first kappa shape index (κ1) is 35.6. The lowest BCUT2D eigenvalue weighted by molar-refractivity contribution is 0.170. The fraction of sp³-hybridized carbons (Fsp3) is 0.347. The number of hydrogen-bond acceptors (Lipinski definition) is 5. The second-order valence-corrected chi connectivity index (χ2v) is 19.1. The molecule has 0 amide bonds. The first-order chi connectivity index (χ1) is 25.9. The number of furan rings is 1. The Kier molecular flexibility index (Phi) is 7.74. The Morgan fingerprint density at radius 3 is 1.85 bits per heavy atom. The SMILES string of the molecule is Cc1cc2c3c(c1)N(c1c(C)cc4c(c1C)OCCO4)c1oc4ccc(C(C)(C)C)cc4c1B3c1cc(C(C)(C)C)ccc1N2c1ccc(C(C)(C)C)cc1. The number of nitrogens with zero attached hydrogens (tertiary/aromatic N) is 2. The molecule has 0 saturated heterocycles. The molecule has 5 aromatic carbocycles. The molecule has 0 N–H and O–H groups in total. The highest BCUT2D eigenvalue weighted by molar-refractivity contribution is 7.01. The Bertz CT molecular complexity index is 2540. The van der Waals surface area contributed by atoms with Gasteiger partial charge in [-0.05, 0) is 124 Å². The fourth-order valence-electron chi connectivity index (χ4n) is 9.05. The quantitative estimate of drug-likeness (QED) is 0.166. The molecule has 4 heterocycles. The Hall–Kier alpha value is -5.10. The molecule has 9 rings (SSSR count). The van der Waals surface area contributed by atoms with Gasteiger partial charge in [0.15, 0.2) is 11.5 Å². The molecule has 0 fully saturated rings. The van der Waals surface area contributed by atoms with Crippen molar-refractivity contribution >= 4 is 68.4 Å². The number of benzene rings is 5. The molecule has 1 aromatic heterocycles. The summed E-state index contributed by atoms with van der Waals surface area (Å²) in [6, 6.07) is 30.1. The molecule has 6 aromatic rings. The largest absolute Gasteiger partial charge is 0.486 e. The number of rotatable bonds is 2. The van der Waals surface area contributed by atoms with Gasteiger partial charge in [-0.1, -0.05) is 92.6 Å². The molecule has 6 heteroatoms. The topological polar surface area (TPSA) is 38.1 Å². The molecule has 0 aliphatic carbocycles. The van der Waals surface area contributed by atoms with Crippen molar-refractivity contribution in [2.45, 2.75) is 99.3 Å². The molecule has 0 unspecified atom stereocenters. The highest BCUT2D eigenvalue weighted by atomic mass is 16.6. The maximum absolute atomic E-state index is 7.18. The summed E-state index contributed by atoms with van der Waals surface area (Å²) in [5, 5.41) is 1.16. The van der Waals surface area contributed by atoms with Gasteiger partial charge in [-0.2, -0.15) is 0 Å². The van der Waals surface area contributed by atoms with Gasteiger partial charge in [-0.3, -0.25) is 4.90 Å². The number of fused-ring (bicyclic) bond motifs is 7. The molecular formula is C49H53BN2O3. The van der Waals surface area contributed by atoms with Crippen molar-refractivity contribution in [3.05, 3.63) is 112 Å². The first-order valence-corrected chi connectivity index (χ1v) is 19.9. The molecule has 280 valence electrons. The minimum Gasteiger partial charge on any atom is -0.486 e. The van der Waals surface area contributed by atoms with E-state index in [0.29, 0.717) is 13.2 Å². The summed E-state index contributed by atoms with van der Waals surface area (Å²) in [7, 11) is 0. The predicted octanol–water partition coefficient (Wildman–Crippen LogP) is 11.1. The van der Waals surface area contributed by atoms with Gasteiger partial charge in [0.2, 0.25) is 5.88 Å². The molecule has 3 aliphatic heterocycles. The van der Waals surface area contributed by atoms with E-state index in [1.54, 1.807) is 0 Å². The van der Waals surface area contributed by atoms with Crippen LogP contribution in [0.3, 0.4) is 0 Å². The van der Waals surface area contributed by atoms with Crippen LogP contribution in [0.5, 0.6) is 11.5 Å². The van der Waals surface area contributed by atoms with Crippen LogP contribution in [0.25, 0.3) is 11.0 Å². The van der Waals surface area contributed by atoms with E-state index in [2.05, 4.69) is 172 Å². The fourth-order valence-corrected chi connectivity index (χ4v) is 9.05. The summed E-state index contributed by atoms with van der Waals surface area (Å²) >= 11 is 0. The second-order valence-electron chi connectivity index (χ2n) is 19.1. The van der Waals surface area contributed by atoms with Gasteiger partial charge in [0.1, 0.15) is 18.8 Å². The summed E-state index contributed by atoms with van der Waals surface area (Å²) in [5.41, 5.74) is 17.7. The summed E-state index contributed by atoms with van der Waals surface area (Å²) in [4.78, 5) is 4.91. The van der Waals surface area contributed by atoms with Crippen LogP contribution in [0.2, 0.25) is 0 Å². The van der Waals surface area contributed by atoms with Crippen molar-refractivity contribution in [3.63, 3.8) is 0 Å². The third-order valence-corrected chi connectivity index (χ3v) is 12.0. The summed E-state index contributed by atoms with van der Waals surface area (Å²) in [6.45, 7) is 28.2. The molecule has 0 bridgehead atoms. The van der Waals surface area contributed by atoms with Crippen molar-refractivity contribution in [2.24, 2.45) is 0 Å². The Labute approximate surface area is 327 Å². The minimum atomic E-state index is -0.0615. The van der Waals surface area contributed by atoms with Gasteiger partial charge in [0, 0.05) is 39.2 Å². The third kappa shape index (κ3) is 5.50. The van der Waals surface area contributed by atoms with Gasteiger partial charge in [0.25, 0.3) is 6.71 Å². The van der Waals surface area contributed by atoms with Crippen LogP contribution in [-0.4, -0.2) is 19.9 Å². The van der Waals surface area contributed by atoms with Gasteiger partial charge in [0.05, 0.1) is 5.69 Å². The molecule has 3 aliphatic rings. The van der Waals surface area contributed by atoms with E-state index in [1.807, 2.05) is 0 Å². The van der Waals surface area contributed by atoms with Crippen LogP contribution >= 0.6 is 0 Å². The lowest BCUT2D eigenvalue weighted by Crippen LogP contribution is -2.61. The van der Waals surface area contributed by atoms with Crippen molar-refractivity contribution in [1.82, 2.24) is 0 Å². The van der Waals surface area contributed by atoms with Crippen LogP contribution in [0.4, 0.5) is 34.3 Å². The average molecular weight is 729 g/mol. The van der Waals surface area contributed by atoms with Crippen molar-refractivity contribution in [1.29, 1.82) is 0 Å². The zero-order valence-corrected chi connectivity index (χ0v) is 34.6. The van der Waals surface area contributed by atoms with Gasteiger partial charge in [-0.15, -0.1) is 0 Å². The Balaban J connectivity index is 1.42. The first-order valence-electron chi connectivity index (χ1n) is 19.9. The molecule has 0 spiro atoms. The number of anilines is 6. The lowest BCUT2D eigenvalue weighted by Gasteiger charge is -2.44. The van der Waals surface area contributed by atoms with E-state index in [9.17, 15) is 0 Å². The van der Waals surface area contributed by atoms with Gasteiger partial charge in [-0.25, -0.2) is 0 Å². The van der Waals surface area contributed by atoms with E-state index in [4.69, 9.17) is 13.9 Å². The molecule has 55 heavy (non-hydrogen) atoms. The van der Waals surface area contributed by atoms with Crippen molar-refractivity contribution < 1.29 is 13.9 Å². The van der Waals surface area contributed by atoms with E-state index in [1.165, 1.54) is 50.0 Å². The van der Waals surface area contributed by atoms with Crippen LogP contribution in [0.1, 0.15) is 95.7 Å². The molecule has 0 radical (unpaired) electrons. The van der Waals surface area contributed by atoms with Crippen LogP contribution in [0.15, 0.2) is 83.3 Å². The number of aryl methyl sites for hydroxylation is 2. The average Bonchev–Trinajstić information content (AvgIpc) is 3.49. The molecular weight excluding hydrogens is 675 g/mol. The predicted molar refractivity (Wildman–Crippen MR) is 232 cm³/mol. The summed E-state index contributed by atoms with van der Waals surface area (Å²) in [5.74, 6) is 2.48. The van der Waals surface area contributed by atoms with Crippen molar-refractivity contribution in [3.8, 4) is 11.5 Å².